The second kappa shape index (κ2) is 13.6. The Kier molecular flexibility index (Phi) is 10.8. The Labute approximate surface area is 222 Å². The normalized spacial score (nSPS) is 14.4. The highest BCUT2D eigenvalue weighted by Gasteiger charge is 2.21. The molecule has 1 aliphatic rings. The lowest BCUT2D eigenvalue weighted by atomic mass is 9.96. The topological polar surface area (TPSA) is 40.6 Å². The molecule has 2 aromatic rings. The fraction of sp³-hybridized carbons (Fsp3) is 0.548. The van der Waals surface area contributed by atoms with E-state index in [2.05, 4.69) is 75.6 Å². The zero-order valence-electron chi connectivity index (χ0n) is 23.1. The van der Waals surface area contributed by atoms with Crippen LogP contribution in [-0.2, 0) is 6.42 Å². The van der Waals surface area contributed by atoms with Crippen molar-refractivity contribution < 1.29 is 9.59 Å². The summed E-state index contributed by atoms with van der Waals surface area (Å²) in [6.45, 7) is 17.2. The number of ketones is 2. The minimum atomic E-state index is 0.221. The summed E-state index contributed by atoms with van der Waals surface area (Å²) >= 11 is 1.74. The van der Waals surface area contributed by atoms with Gasteiger partial charge in [-0.2, -0.15) is 0 Å². The van der Waals surface area contributed by atoms with E-state index in [0.29, 0.717) is 24.9 Å². The van der Waals surface area contributed by atoms with Crippen molar-refractivity contribution in [3.63, 3.8) is 0 Å². The molecule has 0 aromatic heterocycles. The van der Waals surface area contributed by atoms with Crippen LogP contribution < -0.4 is 0 Å². The van der Waals surface area contributed by atoms with Gasteiger partial charge >= 0.3 is 0 Å². The summed E-state index contributed by atoms with van der Waals surface area (Å²) in [6, 6.07) is 13.1. The average molecular weight is 509 g/mol. The summed E-state index contributed by atoms with van der Waals surface area (Å²) in [5.74, 6) is 0.442. The number of hydrogen-bond acceptors (Lipinski definition) is 5. The van der Waals surface area contributed by atoms with Crippen LogP contribution in [-0.4, -0.2) is 59.6 Å². The molecule has 3 rings (SSSR count). The first kappa shape index (κ1) is 28.6. The van der Waals surface area contributed by atoms with E-state index in [1.165, 1.54) is 20.9 Å². The summed E-state index contributed by atoms with van der Waals surface area (Å²) in [5, 5.41) is 0. The molecule has 0 saturated carbocycles. The zero-order chi connectivity index (χ0) is 26.2. The van der Waals surface area contributed by atoms with Gasteiger partial charge in [0.05, 0.1) is 0 Å². The van der Waals surface area contributed by atoms with E-state index in [-0.39, 0.29) is 11.6 Å². The molecule has 1 aliphatic heterocycles. The number of carbonyl (C=O) groups is 2. The molecule has 0 amide bonds. The van der Waals surface area contributed by atoms with E-state index in [4.69, 9.17) is 0 Å². The Balaban J connectivity index is 1.65. The van der Waals surface area contributed by atoms with Crippen LogP contribution in [0.15, 0.2) is 46.2 Å². The second-order valence-electron chi connectivity index (χ2n) is 9.99. The van der Waals surface area contributed by atoms with Gasteiger partial charge in [-0.05, 0) is 94.7 Å². The first-order valence-corrected chi connectivity index (χ1v) is 14.6. The standard InChI is InChI=1S/C31H44N2O2S/c1-7-32(8-2)22(5)11-15-28(34)24-13-17-30-26(19-24)21-27-20-25(14-18-31(27)36-30)29(35)16-12-23(6)33(9-3)10-4/h13-14,17-20,22-23H,7-12,15-16,21H2,1-6H3. The molecule has 0 radical (unpaired) electrons. The number of hydrogen-bond donors (Lipinski definition) is 0. The Morgan fingerprint density at radius 2 is 1.11 bits per heavy atom. The quantitative estimate of drug-likeness (QED) is 0.217. The summed E-state index contributed by atoms with van der Waals surface area (Å²) in [4.78, 5) is 33.2. The monoisotopic (exact) mass is 508 g/mol. The van der Waals surface area contributed by atoms with Gasteiger partial charge in [0.2, 0.25) is 0 Å². The van der Waals surface area contributed by atoms with Crippen LogP contribution in [0.1, 0.15) is 99.1 Å². The molecule has 0 bridgehead atoms. The van der Waals surface area contributed by atoms with Crippen molar-refractivity contribution in [3.05, 3.63) is 58.7 Å². The molecule has 1 heterocycles. The SMILES string of the molecule is CCN(CC)C(C)CCC(=O)c1ccc2c(c1)Cc1cc(C(=O)CCC(C)N(CC)CC)ccc1S2. The van der Waals surface area contributed by atoms with Crippen LogP contribution in [0.25, 0.3) is 0 Å². The van der Waals surface area contributed by atoms with Crippen molar-refractivity contribution in [2.75, 3.05) is 26.2 Å². The lowest BCUT2D eigenvalue weighted by Crippen LogP contribution is -2.33. The molecule has 0 aliphatic carbocycles. The van der Waals surface area contributed by atoms with Gasteiger partial charge in [-0.25, -0.2) is 0 Å². The first-order chi connectivity index (χ1) is 17.3. The van der Waals surface area contributed by atoms with Gasteiger partial charge in [0.25, 0.3) is 0 Å². The van der Waals surface area contributed by atoms with Gasteiger partial charge in [0, 0.05) is 45.8 Å². The molecule has 2 aromatic carbocycles. The van der Waals surface area contributed by atoms with Crippen LogP contribution in [0.5, 0.6) is 0 Å². The summed E-state index contributed by atoms with van der Waals surface area (Å²) in [6.07, 6.45) is 3.68. The average Bonchev–Trinajstić information content (AvgIpc) is 2.89. The number of rotatable bonds is 14. The first-order valence-electron chi connectivity index (χ1n) is 13.8. The molecule has 36 heavy (non-hydrogen) atoms. The van der Waals surface area contributed by atoms with Crippen molar-refractivity contribution >= 4 is 23.3 Å². The third-order valence-electron chi connectivity index (χ3n) is 7.82. The highest BCUT2D eigenvalue weighted by molar-refractivity contribution is 7.99. The van der Waals surface area contributed by atoms with Gasteiger partial charge in [-0.3, -0.25) is 9.59 Å². The summed E-state index contributed by atoms with van der Waals surface area (Å²) < 4.78 is 0. The zero-order valence-corrected chi connectivity index (χ0v) is 23.9. The van der Waals surface area contributed by atoms with E-state index >= 15 is 0 Å². The number of Topliss-reactive ketones (excluding diaryl/α,β-unsaturated/α-hetero) is 2. The Bertz CT molecular complexity index is 961. The van der Waals surface area contributed by atoms with Gasteiger partial charge < -0.3 is 9.80 Å². The maximum atomic E-state index is 13.0. The smallest absolute Gasteiger partial charge is 0.162 e. The van der Waals surface area contributed by atoms with Crippen LogP contribution in [0.2, 0.25) is 0 Å². The van der Waals surface area contributed by atoms with Crippen molar-refractivity contribution in [1.29, 1.82) is 0 Å². The molecule has 0 fully saturated rings. The maximum absolute atomic E-state index is 13.0. The molecular weight excluding hydrogens is 464 g/mol. The van der Waals surface area contributed by atoms with Crippen molar-refractivity contribution in [3.8, 4) is 0 Å². The molecule has 0 spiro atoms. The fourth-order valence-corrected chi connectivity index (χ4v) is 6.37. The second-order valence-corrected chi connectivity index (χ2v) is 11.1. The third kappa shape index (κ3) is 7.08. The molecular formula is C31H44N2O2S. The Morgan fingerprint density at radius 1 is 0.722 bits per heavy atom. The molecule has 0 N–H and O–H groups in total. The van der Waals surface area contributed by atoms with E-state index < -0.39 is 0 Å². The van der Waals surface area contributed by atoms with Gasteiger partial charge in [0.15, 0.2) is 11.6 Å². The number of nitrogens with zero attached hydrogens (tertiary/aromatic N) is 2. The van der Waals surface area contributed by atoms with Crippen LogP contribution >= 0.6 is 11.8 Å². The van der Waals surface area contributed by atoms with Crippen LogP contribution in [0, 0.1) is 0 Å². The van der Waals surface area contributed by atoms with Gasteiger partial charge in [-0.15, -0.1) is 0 Å². The molecule has 4 nitrogen and oxygen atoms in total. The van der Waals surface area contributed by atoms with Crippen molar-refractivity contribution in [1.82, 2.24) is 9.80 Å². The predicted octanol–water partition coefficient (Wildman–Crippen LogP) is 7.13. The van der Waals surface area contributed by atoms with Crippen molar-refractivity contribution in [2.45, 2.75) is 95.5 Å². The minimum Gasteiger partial charge on any atom is -0.301 e. The van der Waals surface area contributed by atoms with Crippen LogP contribution in [0.3, 0.4) is 0 Å². The summed E-state index contributed by atoms with van der Waals surface area (Å²) in [5.41, 5.74) is 3.99. The minimum absolute atomic E-state index is 0.221. The number of benzene rings is 2. The van der Waals surface area contributed by atoms with Gasteiger partial charge in [0.1, 0.15) is 0 Å². The molecule has 0 saturated heterocycles. The Morgan fingerprint density at radius 3 is 1.47 bits per heavy atom. The van der Waals surface area contributed by atoms with E-state index in [1.807, 2.05) is 12.1 Å². The van der Waals surface area contributed by atoms with E-state index in [9.17, 15) is 9.59 Å². The van der Waals surface area contributed by atoms with E-state index in [1.54, 1.807) is 11.8 Å². The molecule has 2 unspecified atom stereocenters. The molecule has 2 atom stereocenters. The lowest BCUT2D eigenvalue weighted by Gasteiger charge is -2.26. The predicted molar refractivity (Wildman–Crippen MR) is 152 cm³/mol. The van der Waals surface area contributed by atoms with Crippen LogP contribution in [0.4, 0.5) is 0 Å². The Hall–Kier alpha value is -1.95. The molecule has 5 heteroatoms. The van der Waals surface area contributed by atoms with Gasteiger partial charge in [-0.1, -0.05) is 51.6 Å². The number of fused-ring (bicyclic) bond motifs is 2. The maximum Gasteiger partial charge on any atom is 0.162 e. The molecule has 196 valence electrons. The third-order valence-corrected chi connectivity index (χ3v) is 9.05. The number of carbonyl (C=O) groups excluding carboxylic acids is 2. The highest BCUT2D eigenvalue weighted by atomic mass is 32.2. The fourth-order valence-electron chi connectivity index (χ4n) is 5.33. The van der Waals surface area contributed by atoms with Crippen molar-refractivity contribution in [2.24, 2.45) is 0 Å². The largest absolute Gasteiger partial charge is 0.301 e. The highest BCUT2D eigenvalue weighted by Crippen LogP contribution is 2.40. The lowest BCUT2D eigenvalue weighted by molar-refractivity contribution is 0.0957. The summed E-state index contributed by atoms with van der Waals surface area (Å²) in [7, 11) is 0. The van der Waals surface area contributed by atoms with E-state index in [0.717, 1.165) is 56.6 Å².